The van der Waals surface area contributed by atoms with Gasteiger partial charge in [-0.3, -0.25) is 0 Å². The standard InChI is InChI=1S/C13H20O3Si/c1-5-13(17(14-2,15-3)16-4)11-12-9-7-6-8-10-12/h6-11H,5H2,1-4H3. The summed E-state index contributed by atoms with van der Waals surface area (Å²) in [6.45, 7) is 2.08. The van der Waals surface area contributed by atoms with Crippen LogP contribution in [0.5, 0.6) is 0 Å². The molecule has 0 N–H and O–H groups in total. The summed E-state index contributed by atoms with van der Waals surface area (Å²) in [4.78, 5) is 0. The maximum absolute atomic E-state index is 5.49. The molecule has 0 aromatic heterocycles. The van der Waals surface area contributed by atoms with Crippen molar-refractivity contribution in [3.05, 3.63) is 41.1 Å². The largest absolute Gasteiger partial charge is 0.532 e. The first-order chi connectivity index (χ1) is 8.22. The van der Waals surface area contributed by atoms with Crippen LogP contribution in [0, 0.1) is 0 Å². The Hall–Kier alpha value is -0.943. The highest BCUT2D eigenvalue weighted by Gasteiger charge is 2.41. The van der Waals surface area contributed by atoms with Crippen LogP contribution in [0.25, 0.3) is 6.08 Å². The van der Waals surface area contributed by atoms with Gasteiger partial charge in [-0.1, -0.05) is 43.3 Å². The van der Waals surface area contributed by atoms with E-state index in [2.05, 4.69) is 25.1 Å². The number of hydrogen-bond donors (Lipinski definition) is 0. The Kier molecular flexibility index (Phi) is 5.57. The van der Waals surface area contributed by atoms with Crippen LogP contribution in [0.2, 0.25) is 0 Å². The molecule has 0 bridgehead atoms. The molecule has 0 atom stereocenters. The van der Waals surface area contributed by atoms with Gasteiger partial charge in [0, 0.05) is 26.5 Å². The molecule has 0 aliphatic carbocycles. The Morgan fingerprint density at radius 3 is 2.00 bits per heavy atom. The average Bonchev–Trinajstić information content (AvgIpc) is 2.41. The van der Waals surface area contributed by atoms with Crippen LogP contribution >= 0.6 is 0 Å². The minimum atomic E-state index is -2.67. The maximum atomic E-state index is 5.49. The van der Waals surface area contributed by atoms with Crippen molar-refractivity contribution in [3.63, 3.8) is 0 Å². The molecule has 94 valence electrons. The second-order valence-corrected chi connectivity index (χ2v) is 6.58. The molecule has 0 radical (unpaired) electrons. The zero-order valence-corrected chi connectivity index (χ0v) is 11.9. The predicted octanol–water partition coefficient (Wildman–Crippen LogP) is 2.90. The predicted molar refractivity (Wildman–Crippen MR) is 71.5 cm³/mol. The van der Waals surface area contributed by atoms with Crippen LogP contribution in [-0.4, -0.2) is 30.1 Å². The third kappa shape index (κ3) is 3.26. The second kappa shape index (κ2) is 6.71. The Morgan fingerprint density at radius 1 is 1.06 bits per heavy atom. The molecule has 0 aliphatic rings. The normalized spacial score (nSPS) is 12.8. The molecule has 0 aliphatic heterocycles. The van der Waals surface area contributed by atoms with Gasteiger partial charge in [-0.05, 0) is 12.0 Å². The van der Waals surface area contributed by atoms with E-state index in [-0.39, 0.29) is 0 Å². The maximum Gasteiger partial charge on any atom is 0.532 e. The zero-order chi connectivity index (χ0) is 12.7. The number of hydrogen-bond acceptors (Lipinski definition) is 3. The van der Waals surface area contributed by atoms with Crippen LogP contribution in [0.15, 0.2) is 35.5 Å². The number of benzene rings is 1. The molecule has 0 heterocycles. The summed E-state index contributed by atoms with van der Waals surface area (Å²) in [6.07, 6.45) is 2.93. The van der Waals surface area contributed by atoms with Crippen LogP contribution < -0.4 is 0 Å². The molecular weight excluding hydrogens is 232 g/mol. The lowest BCUT2D eigenvalue weighted by atomic mass is 10.2. The molecule has 17 heavy (non-hydrogen) atoms. The van der Waals surface area contributed by atoms with E-state index in [0.717, 1.165) is 17.2 Å². The summed E-state index contributed by atoms with van der Waals surface area (Å²) in [5.41, 5.74) is 1.13. The molecule has 0 spiro atoms. The summed E-state index contributed by atoms with van der Waals surface area (Å²) in [5.74, 6) is 0. The highest BCUT2D eigenvalue weighted by molar-refractivity contribution is 6.69. The summed E-state index contributed by atoms with van der Waals surface area (Å²) >= 11 is 0. The molecule has 0 unspecified atom stereocenters. The number of rotatable bonds is 6. The van der Waals surface area contributed by atoms with Gasteiger partial charge in [0.05, 0.1) is 0 Å². The molecule has 0 amide bonds. The summed E-state index contributed by atoms with van der Waals surface area (Å²) in [7, 11) is 2.23. The lowest BCUT2D eigenvalue weighted by molar-refractivity contribution is 0.134. The summed E-state index contributed by atoms with van der Waals surface area (Å²) < 4.78 is 16.5. The van der Waals surface area contributed by atoms with E-state index < -0.39 is 8.80 Å². The van der Waals surface area contributed by atoms with Gasteiger partial charge in [0.2, 0.25) is 0 Å². The Balaban J connectivity index is 3.09. The van der Waals surface area contributed by atoms with E-state index in [1.807, 2.05) is 18.2 Å². The quantitative estimate of drug-likeness (QED) is 0.729. The molecule has 0 saturated carbocycles. The van der Waals surface area contributed by atoms with Gasteiger partial charge in [0.1, 0.15) is 0 Å². The highest BCUT2D eigenvalue weighted by atomic mass is 28.4. The third-order valence-electron chi connectivity index (χ3n) is 2.72. The van der Waals surface area contributed by atoms with Gasteiger partial charge >= 0.3 is 8.80 Å². The van der Waals surface area contributed by atoms with Crippen LogP contribution in [-0.2, 0) is 13.3 Å². The van der Waals surface area contributed by atoms with Gasteiger partial charge < -0.3 is 13.3 Å². The first kappa shape index (κ1) is 14.1. The van der Waals surface area contributed by atoms with Crippen molar-refractivity contribution in [3.8, 4) is 0 Å². The van der Waals surface area contributed by atoms with Crippen molar-refractivity contribution in [1.82, 2.24) is 0 Å². The summed E-state index contributed by atoms with van der Waals surface area (Å²) in [6, 6.07) is 10.1. The van der Waals surface area contributed by atoms with E-state index in [9.17, 15) is 0 Å². The Labute approximate surface area is 104 Å². The molecule has 1 aromatic rings. The van der Waals surface area contributed by atoms with E-state index in [1.165, 1.54) is 0 Å². The van der Waals surface area contributed by atoms with Gasteiger partial charge in [-0.15, -0.1) is 0 Å². The topological polar surface area (TPSA) is 27.7 Å². The first-order valence-electron chi connectivity index (χ1n) is 5.64. The highest BCUT2D eigenvalue weighted by Crippen LogP contribution is 2.23. The molecule has 0 fully saturated rings. The average molecular weight is 252 g/mol. The van der Waals surface area contributed by atoms with Gasteiger partial charge in [-0.2, -0.15) is 0 Å². The minimum Gasteiger partial charge on any atom is -0.374 e. The summed E-state index contributed by atoms with van der Waals surface area (Å²) in [5, 5.41) is 1.08. The van der Waals surface area contributed by atoms with Crippen molar-refractivity contribution in [2.45, 2.75) is 13.3 Å². The van der Waals surface area contributed by atoms with Crippen molar-refractivity contribution < 1.29 is 13.3 Å². The smallest absolute Gasteiger partial charge is 0.374 e. The van der Waals surface area contributed by atoms with Crippen molar-refractivity contribution in [2.24, 2.45) is 0 Å². The SMILES string of the molecule is CCC(=Cc1ccccc1)[Si](OC)(OC)OC. The molecule has 1 rings (SSSR count). The third-order valence-corrected chi connectivity index (χ3v) is 5.62. The fourth-order valence-electron chi connectivity index (χ4n) is 1.80. The van der Waals surface area contributed by atoms with E-state index in [1.54, 1.807) is 21.3 Å². The van der Waals surface area contributed by atoms with Crippen molar-refractivity contribution in [2.75, 3.05) is 21.3 Å². The van der Waals surface area contributed by atoms with Gasteiger partial charge in [0.15, 0.2) is 0 Å². The number of allylic oxidation sites excluding steroid dienone is 1. The first-order valence-corrected chi connectivity index (χ1v) is 7.36. The van der Waals surface area contributed by atoms with Gasteiger partial charge in [-0.25, -0.2) is 0 Å². The van der Waals surface area contributed by atoms with E-state index in [4.69, 9.17) is 13.3 Å². The van der Waals surface area contributed by atoms with Crippen LogP contribution in [0.4, 0.5) is 0 Å². The minimum absolute atomic E-state index is 0.844. The van der Waals surface area contributed by atoms with E-state index in [0.29, 0.717) is 0 Å². The van der Waals surface area contributed by atoms with E-state index >= 15 is 0 Å². The van der Waals surface area contributed by atoms with Crippen LogP contribution in [0.3, 0.4) is 0 Å². The molecule has 3 nitrogen and oxygen atoms in total. The van der Waals surface area contributed by atoms with Crippen LogP contribution in [0.1, 0.15) is 18.9 Å². The lowest BCUT2D eigenvalue weighted by Crippen LogP contribution is -2.45. The Bertz CT molecular complexity index is 350. The second-order valence-electron chi connectivity index (χ2n) is 3.60. The molecule has 0 saturated heterocycles. The zero-order valence-electron chi connectivity index (χ0n) is 10.9. The van der Waals surface area contributed by atoms with Crippen molar-refractivity contribution in [1.29, 1.82) is 0 Å². The fourth-order valence-corrected chi connectivity index (χ4v) is 3.86. The van der Waals surface area contributed by atoms with Gasteiger partial charge in [0.25, 0.3) is 0 Å². The monoisotopic (exact) mass is 252 g/mol. The fraction of sp³-hybridized carbons (Fsp3) is 0.385. The lowest BCUT2D eigenvalue weighted by Gasteiger charge is -2.26. The van der Waals surface area contributed by atoms with Crippen molar-refractivity contribution >= 4 is 14.9 Å². The Morgan fingerprint density at radius 2 is 1.59 bits per heavy atom. The molecular formula is C13H20O3Si. The molecule has 4 heteroatoms. The molecule has 1 aromatic carbocycles.